The molecular weight excluding hydrogens is 224 g/mol. The first-order chi connectivity index (χ1) is 8.74. The zero-order valence-electron chi connectivity index (χ0n) is 10.8. The Balaban J connectivity index is 1.87. The molecule has 94 valence electrons. The van der Waals surface area contributed by atoms with Gasteiger partial charge in [0.25, 0.3) is 0 Å². The monoisotopic (exact) mass is 242 g/mol. The molecule has 18 heavy (non-hydrogen) atoms. The van der Waals surface area contributed by atoms with E-state index in [2.05, 4.69) is 46.1 Å². The van der Waals surface area contributed by atoms with E-state index in [1.807, 2.05) is 6.20 Å². The lowest BCUT2D eigenvalue weighted by Crippen LogP contribution is -2.28. The number of rotatable bonds is 2. The van der Waals surface area contributed by atoms with Gasteiger partial charge in [-0.1, -0.05) is 6.08 Å². The molecule has 2 heterocycles. The minimum atomic E-state index is 0.679. The van der Waals surface area contributed by atoms with E-state index in [9.17, 15) is 0 Å². The Morgan fingerprint density at radius 1 is 1.39 bits per heavy atom. The molecule has 1 aliphatic carbocycles. The van der Waals surface area contributed by atoms with Gasteiger partial charge in [-0.2, -0.15) is 0 Å². The summed E-state index contributed by atoms with van der Waals surface area (Å²) in [6, 6.07) is 2.83. The maximum absolute atomic E-state index is 4.24. The third-order valence-corrected chi connectivity index (χ3v) is 3.75. The topological polar surface area (TPSA) is 44.8 Å². The summed E-state index contributed by atoms with van der Waals surface area (Å²) in [5, 5.41) is 1.09. The molecule has 0 bridgehead atoms. The number of hydrogen-bond donors (Lipinski definition) is 1. The van der Waals surface area contributed by atoms with Crippen LogP contribution in [0.3, 0.4) is 0 Å². The van der Waals surface area contributed by atoms with Gasteiger partial charge in [0.15, 0.2) is 0 Å². The standard InChI is InChI=1S/C14H18N4/c1-18(2)12-5-3-10(4-6-12)13-7-11-8-15-9-16-14(11)17-13/h3,7-9,12H,4-6H2,1-2H3,(H,15,16,17). The SMILES string of the molecule is CN(C)C1CC=C(c2cc3cncnc3[nH]2)CC1. The molecule has 1 N–H and O–H groups in total. The summed E-state index contributed by atoms with van der Waals surface area (Å²) < 4.78 is 0. The number of nitrogens with zero attached hydrogens (tertiary/aromatic N) is 3. The number of allylic oxidation sites excluding steroid dienone is 1. The van der Waals surface area contributed by atoms with Crippen molar-refractivity contribution in [3.8, 4) is 0 Å². The molecule has 0 amide bonds. The van der Waals surface area contributed by atoms with Gasteiger partial charge >= 0.3 is 0 Å². The number of fused-ring (bicyclic) bond motifs is 1. The second-order valence-corrected chi connectivity index (χ2v) is 5.13. The fourth-order valence-electron chi connectivity index (χ4n) is 2.58. The predicted molar refractivity (Wildman–Crippen MR) is 73.2 cm³/mol. The Morgan fingerprint density at radius 2 is 2.28 bits per heavy atom. The van der Waals surface area contributed by atoms with Gasteiger partial charge in [0, 0.05) is 23.3 Å². The maximum atomic E-state index is 4.24. The van der Waals surface area contributed by atoms with Gasteiger partial charge in [-0.05, 0) is 45.0 Å². The zero-order valence-corrected chi connectivity index (χ0v) is 10.8. The Bertz CT molecular complexity index is 549. The van der Waals surface area contributed by atoms with Crippen LogP contribution in [0.25, 0.3) is 16.6 Å². The van der Waals surface area contributed by atoms with Crippen molar-refractivity contribution in [1.29, 1.82) is 0 Å². The lowest BCUT2D eigenvalue weighted by atomic mass is 9.93. The van der Waals surface area contributed by atoms with Crippen LogP contribution in [-0.4, -0.2) is 40.0 Å². The van der Waals surface area contributed by atoms with Crippen molar-refractivity contribution in [2.75, 3.05) is 14.1 Å². The van der Waals surface area contributed by atoms with E-state index in [0.29, 0.717) is 6.04 Å². The molecule has 3 rings (SSSR count). The van der Waals surface area contributed by atoms with Crippen molar-refractivity contribution < 1.29 is 0 Å². The van der Waals surface area contributed by atoms with Crippen molar-refractivity contribution in [3.05, 3.63) is 30.4 Å². The van der Waals surface area contributed by atoms with Crippen molar-refractivity contribution in [3.63, 3.8) is 0 Å². The number of nitrogens with one attached hydrogen (secondary N) is 1. The van der Waals surface area contributed by atoms with Gasteiger partial charge in [0.2, 0.25) is 0 Å². The van der Waals surface area contributed by atoms with E-state index in [1.165, 1.54) is 17.7 Å². The summed E-state index contributed by atoms with van der Waals surface area (Å²) in [4.78, 5) is 14.0. The Labute approximate surface area is 107 Å². The van der Waals surface area contributed by atoms with Crippen LogP contribution in [0.4, 0.5) is 0 Å². The van der Waals surface area contributed by atoms with E-state index in [4.69, 9.17) is 0 Å². The number of aromatic nitrogens is 3. The van der Waals surface area contributed by atoms with Crippen LogP contribution < -0.4 is 0 Å². The average Bonchev–Trinajstić information content (AvgIpc) is 2.82. The van der Waals surface area contributed by atoms with Gasteiger partial charge in [0.05, 0.1) is 0 Å². The fourth-order valence-corrected chi connectivity index (χ4v) is 2.58. The summed E-state index contributed by atoms with van der Waals surface area (Å²) in [6.45, 7) is 0. The molecule has 0 aliphatic heterocycles. The molecule has 0 radical (unpaired) electrons. The van der Waals surface area contributed by atoms with Crippen molar-refractivity contribution in [2.24, 2.45) is 0 Å². The highest BCUT2D eigenvalue weighted by Crippen LogP contribution is 2.29. The maximum Gasteiger partial charge on any atom is 0.141 e. The van der Waals surface area contributed by atoms with Gasteiger partial charge in [-0.15, -0.1) is 0 Å². The lowest BCUT2D eigenvalue weighted by molar-refractivity contribution is 0.277. The second kappa shape index (κ2) is 4.53. The van der Waals surface area contributed by atoms with E-state index in [0.717, 1.165) is 23.9 Å². The number of hydrogen-bond acceptors (Lipinski definition) is 3. The molecular formula is C14H18N4. The first-order valence-corrected chi connectivity index (χ1v) is 6.38. The molecule has 2 aromatic heterocycles. The highest BCUT2D eigenvalue weighted by Gasteiger charge is 2.17. The molecule has 0 saturated carbocycles. The number of aromatic amines is 1. The van der Waals surface area contributed by atoms with Crippen LogP contribution in [0.1, 0.15) is 25.0 Å². The summed E-state index contributed by atoms with van der Waals surface area (Å²) >= 11 is 0. The quantitative estimate of drug-likeness (QED) is 0.879. The Hall–Kier alpha value is -1.68. The van der Waals surface area contributed by atoms with E-state index in [1.54, 1.807) is 6.33 Å². The zero-order chi connectivity index (χ0) is 12.5. The van der Waals surface area contributed by atoms with Crippen molar-refractivity contribution in [1.82, 2.24) is 19.9 Å². The van der Waals surface area contributed by atoms with Crippen LogP contribution in [0.15, 0.2) is 24.7 Å². The molecule has 1 aliphatic rings. The molecule has 0 saturated heterocycles. The molecule has 1 atom stereocenters. The predicted octanol–water partition coefficient (Wildman–Crippen LogP) is 2.46. The normalized spacial score (nSPS) is 20.4. The largest absolute Gasteiger partial charge is 0.339 e. The minimum absolute atomic E-state index is 0.679. The number of H-pyrrole nitrogens is 1. The highest BCUT2D eigenvalue weighted by molar-refractivity contribution is 5.81. The van der Waals surface area contributed by atoms with Crippen LogP contribution in [0, 0.1) is 0 Å². The minimum Gasteiger partial charge on any atom is -0.339 e. The van der Waals surface area contributed by atoms with E-state index >= 15 is 0 Å². The van der Waals surface area contributed by atoms with Gasteiger partial charge in [-0.25, -0.2) is 9.97 Å². The molecule has 4 heteroatoms. The van der Waals surface area contributed by atoms with E-state index < -0.39 is 0 Å². The Kier molecular flexibility index (Phi) is 2.88. The average molecular weight is 242 g/mol. The molecule has 0 fully saturated rings. The van der Waals surface area contributed by atoms with Crippen LogP contribution in [0.2, 0.25) is 0 Å². The molecule has 2 aromatic rings. The first-order valence-electron chi connectivity index (χ1n) is 6.38. The summed E-state index contributed by atoms with van der Waals surface area (Å²) in [5.41, 5.74) is 3.53. The summed E-state index contributed by atoms with van der Waals surface area (Å²) in [6.07, 6.45) is 9.27. The molecule has 0 spiro atoms. The Morgan fingerprint density at radius 3 is 2.94 bits per heavy atom. The van der Waals surface area contributed by atoms with Gasteiger partial charge < -0.3 is 9.88 Å². The smallest absolute Gasteiger partial charge is 0.141 e. The van der Waals surface area contributed by atoms with E-state index in [-0.39, 0.29) is 0 Å². The summed E-state index contributed by atoms with van der Waals surface area (Å²) in [5.74, 6) is 0. The third-order valence-electron chi connectivity index (χ3n) is 3.75. The fraction of sp³-hybridized carbons (Fsp3) is 0.429. The highest BCUT2D eigenvalue weighted by atomic mass is 15.1. The first kappa shape index (κ1) is 11.4. The van der Waals surface area contributed by atoms with Crippen LogP contribution >= 0.6 is 0 Å². The van der Waals surface area contributed by atoms with Crippen LogP contribution in [0.5, 0.6) is 0 Å². The van der Waals surface area contributed by atoms with Crippen LogP contribution in [-0.2, 0) is 0 Å². The molecule has 1 unspecified atom stereocenters. The molecule has 4 nitrogen and oxygen atoms in total. The summed E-state index contributed by atoms with van der Waals surface area (Å²) in [7, 11) is 4.31. The third kappa shape index (κ3) is 2.04. The van der Waals surface area contributed by atoms with Gasteiger partial charge in [0.1, 0.15) is 12.0 Å². The van der Waals surface area contributed by atoms with Gasteiger partial charge in [-0.3, -0.25) is 0 Å². The van der Waals surface area contributed by atoms with Crippen molar-refractivity contribution in [2.45, 2.75) is 25.3 Å². The second-order valence-electron chi connectivity index (χ2n) is 5.13. The molecule has 0 aromatic carbocycles. The van der Waals surface area contributed by atoms with Crippen molar-refractivity contribution >= 4 is 16.6 Å². The lowest BCUT2D eigenvalue weighted by Gasteiger charge is -2.27.